The zero-order valence-electron chi connectivity index (χ0n) is 29.4. The number of aliphatic hydroxyl groups is 1. The van der Waals surface area contributed by atoms with E-state index >= 15 is 0 Å². The summed E-state index contributed by atoms with van der Waals surface area (Å²) in [6, 6.07) is 16.1. The van der Waals surface area contributed by atoms with Crippen LogP contribution >= 0.6 is 0 Å². The Labute approximate surface area is 297 Å². The van der Waals surface area contributed by atoms with Crippen molar-refractivity contribution >= 4 is 17.7 Å². The van der Waals surface area contributed by atoms with Gasteiger partial charge in [0.25, 0.3) is 0 Å². The molecule has 10 nitrogen and oxygen atoms in total. The number of rotatable bonds is 18. The summed E-state index contributed by atoms with van der Waals surface area (Å²) in [6.07, 6.45) is 2.28. The van der Waals surface area contributed by atoms with Gasteiger partial charge in [-0.2, -0.15) is 0 Å². The number of aliphatic hydroxyl groups excluding tert-OH is 1. The van der Waals surface area contributed by atoms with Gasteiger partial charge in [-0.25, -0.2) is 8.78 Å². The van der Waals surface area contributed by atoms with E-state index in [2.05, 4.69) is 16.0 Å². The SMILES string of the molecule is COc1cccc(CC[C@@H](C(=O)N[C@@H](Cc2cc(F)cc(F)c2)[C@@H](O)CNCc2cccc(OC)c2)N2CC[C@](CC3CC3)(NC(C)=O)C2=O)c1. The number of amides is 3. The van der Waals surface area contributed by atoms with Crippen molar-refractivity contribution in [3.8, 4) is 11.5 Å². The maximum absolute atomic E-state index is 14.4. The highest BCUT2D eigenvalue weighted by atomic mass is 19.1. The number of benzene rings is 3. The lowest BCUT2D eigenvalue weighted by Gasteiger charge is -2.33. The standard InChI is InChI=1S/C39H48F2N4O6/c1-25(46)44-39(22-27-10-11-27)14-15-45(38(39)49)35(13-12-26-6-4-8-32(18-26)50-2)37(48)43-34(20-29-16-30(40)21-31(41)17-29)36(47)24-42-23-28-7-5-9-33(19-28)51-3/h4-9,16-19,21,27,34-36,42,47H,10-15,20,22-24H2,1-3H3,(H,43,48)(H,44,46)/t34-,35-,36-,39+/m0/s1. The number of hydrogen-bond donors (Lipinski definition) is 4. The van der Waals surface area contributed by atoms with Crippen LogP contribution in [-0.4, -0.2) is 78.8 Å². The first-order chi connectivity index (χ1) is 24.5. The van der Waals surface area contributed by atoms with Gasteiger partial charge < -0.3 is 35.4 Å². The highest BCUT2D eigenvalue weighted by Crippen LogP contribution is 2.41. The van der Waals surface area contributed by atoms with E-state index in [1.54, 1.807) is 19.1 Å². The van der Waals surface area contributed by atoms with Crippen LogP contribution in [0.3, 0.4) is 0 Å². The Morgan fingerprint density at radius 3 is 2.24 bits per heavy atom. The molecule has 0 aromatic heterocycles. The molecule has 3 amide bonds. The molecule has 0 radical (unpaired) electrons. The van der Waals surface area contributed by atoms with Crippen LogP contribution in [0, 0.1) is 17.6 Å². The van der Waals surface area contributed by atoms with E-state index in [0.29, 0.717) is 43.2 Å². The molecule has 1 heterocycles. The molecule has 0 spiro atoms. The summed E-state index contributed by atoms with van der Waals surface area (Å²) in [4.78, 5) is 42.5. The molecule has 1 saturated heterocycles. The molecule has 1 aliphatic carbocycles. The fourth-order valence-electron chi connectivity index (χ4n) is 6.99. The third kappa shape index (κ3) is 10.3. The molecule has 2 fully saturated rings. The second-order valence-corrected chi connectivity index (χ2v) is 13.7. The van der Waals surface area contributed by atoms with Crippen LogP contribution in [0.2, 0.25) is 0 Å². The second kappa shape index (κ2) is 17.1. The van der Waals surface area contributed by atoms with Crippen LogP contribution in [0.1, 0.15) is 55.7 Å². The van der Waals surface area contributed by atoms with Gasteiger partial charge in [-0.15, -0.1) is 0 Å². The molecule has 4 atom stereocenters. The molecule has 5 rings (SSSR count). The van der Waals surface area contributed by atoms with Gasteiger partial charge in [0.1, 0.15) is 34.7 Å². The number of nitrogens with one attached hydrogen (secondary N) is 3. The number of hydrogen-bond acceptors (Lipinski definition) is 7. The van der Waals surface area contributed by atoms with Gasteiger partial charge in [-0.1, -0.05) is 37.1 Å². The van der Waals surface area contributed by atoms with Crippen LogP contribution in [-0.2, 0) is 33.8 Å². The number of methoxy groups -OCH3 is 2. The summed E-state index contributed by atoms with van der Waals surface area (Å²) >= 11 is 0. The lowest BCUT2D eigenvalue weighted by Crippen LogP contribution is -2.59. The van der Waals surface area contributed by atoms with Gasteiger partial charge in [0, 0.05) is 32.6 Å². The molecule has 3 aromatic rings. The predicted molar refractivity (Wildman–Crippen MR) is 188 cm³/mol. The Bertz CT molecular complexity index is 1670. The normalized spacial score (nSPS) is 18.9. The van der Waals surface area contributed by atoms with Gasteiger partial charge >= 0.3 is 0 Å². The third-order valence-corrected chi connectivity index (χ3v) is 9.71. The number of aryl methyl sites for hydroxylation is 1. The molecular weight excluding hydrogens is 658 g/mol. The number of likely N-dealkylation sites (tertiary alicyclic amines) is 1. The summed E-state index contributed by atoms with van der Waals surface area (Å²) < 4.78 is 39.2. The Morgan fingerprint density at radius 2 is 1.61 bits per heavy atom. The van der Waals surface area contributed by atoms with Crippen LogP contribution in [0.15, 0.2) is 66.7 Å². The molecule has 1 saturated carbocycles. The molecule has 2 aliphatic rings. The zero-order valence-corrected chi connectivity index (χ0v) is 29.4. The Kier molecular flexibility index (Phi) is 12.6. The molecule has 3 aromatic carbocycles. The molecule has 274 valence electrons. The van der Waals surface area contributed by atoms with Crippen molar-refractivity contribution in [2.24, 2.45) is 5.92 Å². The molecule has 0 bridgehead atoms. The Hall–Kier alpha value is -4.55. The largest absolute Gasteiger partial charge is 0.497 e. The van der Waals surface area contributed by atoms with Gasteiger partial charge in [0.2, 0.25) is 17.7 Å². The van der Waals surface area contributed by atoms with E-state index in [9.17, 15) is 28.3 Å². The molecule has 12 heteroatoms. The summed E-state index contributed by atoms with van der Waals surface area (Å²) in [5.41, 5.74) is 0.972. The van der Waals surface area contributed by atoms with Gasteiger partial charge in [-0.05, 0) is 91.1 Å². The van der Waals surface area contributed by atoms with Gasteiger partial charge in [-0.3, -0.25) is 14.4 Å². The van der Waals surface area contributed by atoms with Crippen molar-refractivity contribution in [3.05, 3.63) is 95.1 Å². The number of carbonyl (C=O) groups excluding carboxylic acids is 3. The van der Waals surface area contributed by atoms with Crippen LogP contribution in [0.5, 0.6) is 11.5 Å². The van der Waals surface area contributed by atoms with E-state index < -0.39 is 41.3 Å². The smallest absolute Gasteiger partial charge is 0.249 e. The maximum atomic E-state index is 14.4. The van der Waals surface area contributed by atoms with E-state index in [1.807, 2.05) is 48.5 Å². The maximum Gasteiger partial charge on any atom is 0.249 e. The van der Waals surface area contributed by atoms with E-state index in [-0.39, 0.29) is 43.3 Å². The number of carbonyl (C=O) groups is 3. The molecular formula is C39H48F2N4O6. The molecule has 51 heavy (non-hydrogen) atoms. The first-order valence-electron chi connectivity index (χ1n) is 17.5. The minimum absolute atomic E-state index is 0.0457. The van der Waals surface area contributed by atoms with Crippen LogP contribution in [0.25, 0.3) is 0 Å². The van der Waals surface area contributed by atoms with Crippen molar-refractivity contribution in [1.29, 1.82) is 0 Å². The second-order valence-electron chi connectivity index (χ2n) is 13.7. The van der Waals surface area contributed by atoms with Gasteiger partial charge in [0.05, 0.1) is 26.4 Å². The monoisotopic (exact) mass is 706 g/mol. The average molecular weight is 707 g/mol. The third-order valence-electron chi connectivity index (χ3n) is 9.71. The lowest BCUT2D eigenvalue weighted by molar-refractivity contribution is -0.143. The minimum Gasteiger partial charge on any atom is -0.497 e. The topological polar surface area (TPSA) is 129 Å². The Balaban J connectivity index is 1.39. The Morgan fingerprint density at radius 1 is 0.961 bits per heavy atom. The lowest BCUT2D eigenvalue weighted by atomic mass is 9.90. The molecule has 4 N–H and O–H groups in total. The molecule has 0 unspecified atom stereocenters. The summed E-state index contributed by atoms with van der Waals surface area (Å²) in [5, 5.41) is 20.5. The summed E-state index contributed by atoms with van der Waals surface area (Å²) in [6.45, 7) is 2.08. The first kappa shape index (κ1) is 37.7. The van der Waals surface area contributed by atoms with E-state index in [0.717, 1.165) is 30.0 Å². The highest BCUT2D eigenvalue weighted by molar-refractivity contribution is 5.96. The fourth-order valence-corrected chi connectivity index (χ4v) is 6.99. The predicted octanol–water partition coefficient (Wildman–Crippen LogP) is 4.07. The highest BCUT2D eigenvalue weighted by Gasteiger charge is 2.52. The van der Waals surface area contributed by atoms with Crippen molar-refractivity contribution in [2.45, 2.75) is 82.1 Å². The van der Waals surface area contributed by atoms with E-state index in [4.69, 9.17) is 9.47 Å². The molecule has 1 aliphatic heterocycles. The fraction of sp³-hybridized carbons (Fsp3) is 0.462. The quantitative estimate of drug-likeness (QED) is 0.157. The summed E-state index contributed by atoms with van der Waals surface area (Å²) in [7, 11) is 3.15. The van der Waals surface area contributed by atoms with Gasteiger partial charge in [0.15, 0.2) is 0 Å². The van der Waals surface area contributed by atoms with Crippen molar-refractivity contribution in [2.75, 3.05) is 27.3 Å². The summed E-state index contributed by atoms with van der Waals surface area (Å²) in [5.74, 6) is -0.995. The number of nitrogens with zero attached hydrogens (tertiary/aromatic N) is 1. The minimum atomic E-state index is -1.17. The van der Waals surface area contributed by atoms with Crippen LogP contribution in [0.4, 0.5) is 8.78 Å². The number of ether oxygens (including phenoxy) is 2. The van der Waals surface area contributed by atoms with Crippen LogP contribution < -0.4 is 25.4 Å². The average Bonchev–Trinajstić information content (AvgIpc) is 3.86. The van der Waals surface area contributed by atoms with E-state index in [1.165, 1.54) is 19.1 Å². The van der Waals surface area contributed by atoms with Crippen molar-refractivity contribution in [3.63, 3.8) is 0 Å². The first-order valence-corrected chi connectivity index (χ1v) is 17.5. The zero-order chi connectivity index (χ0) is 36.5. The van der Waals surface area contributed by atoms with Crippen molar-refractivity contribution < 1.29 is 37.7 Å². The number of halogens is 2. The van der Waals surface area contributed by atoms with Crippen molar-refractivity contribution in [1.82, 2.24) is 20.9 Å².